The second-order valence-electron chi connectivity index (χ2n) is 3.05. The van der Waals surface area contributed by atoms with Crippen molar-refractivity contribution in [2.45, 2.75) is 40.7 Å². The van der Waals surface area contributed by atoms with Crippen LogP contribution in [0.5, 0.6) is 0 Å². The fourth-order valence-corrected chi connectivity index (χ4v) is 1.98. The van der Waals surface area contributed by atoms with E-state index in [9.17, 15) is 4.79 Å². The highest BCUT2D eigenvalue weighted by molar-refractivity contribution is 7.09. The van der Waals surface area contributed by atoms with Crippen LogP contribution in [-0.2, 0) is 16.0 Å². The van der Waals surface area contributed by atoms with Crippen molar-refractivity contribution < 1.29 is 9.53 Å². The Bertz CT molecular complexity index is 255. The standard InChI is InChI=1S/C10H14O2S.2CH4/c1-8(11)6-9(12-2)7-10-4-3-5-13-10;;/h3-5,9H,6-7H2,1-2H3;2*1H4. The van der Waals surface area contributed by atoms with E-state index in [1.165, 1.54) is 4.88 Å². The molecule has 0 aliphatic carbocycles. The normalized spacial score (nSPS) is 11.1. The molecule has 0 amide bonds. The lowest BCUT2D eigenvalue weighted by molar-refractivity contribution is -0.119. The summed E-state index contributed by atoms with van der Waals surface area (Å²) in [7, 11) is 1.65. The Balaban J connectivity index is 0. The van der Waals surface area contributed by atoms with Crippen LogP contribution in [0.3, 0.4) is 0 Å². The van der Waals surface area contributed by atoms with E-state index in [0.717, 1.165) is 6.42 Å². The second-order valence-corrected chi connectivity index (χ2v) is 4.08. The molecule has 1 rings (SSSR count). The smallest absolute Gasteiger partial charge is 0.132 e. The van der Waals surface area contributed by atoms with Crippen LogP contribution in [0.1, 0.15) is 33.1 Å². The molecule has 2 nitrogen and oxygen atoms in total. The van der Waals surface area contributed by atoms with Gasteiger partial charge in [-0.2, -0.15) is 0 Å². The lowest BCUT2D eigenvalue weighted by Gasteiger charge is -2.11. The van der Waals surface area contributed by atoms with E-state index in [0.29, 0.717) is 6.42 Å². The van der Waals surface area contributed by atoms with Gasteiger partial charge in [-0.25, -0.2) is 0 Å². The van der Waals surface area contributed by atoms with Gasteiger partial charge in [0.2, 0.25) is 0 Å². The molecule has 0 aromatic carbocycles. The van der Waals surface area contributed by atoms with Gasteiger partial charge in [0.05, 0.1) is 6.10 Å². The first kappa shape index (κ1) is 16.7. The molecular weight excluding hydrogens is 208 g/mol. The number of ketones is 1. The van der Waals surface area contributed by atoms with Crippen LogP contribution in [0.25, 0.3) is 0 Å². The Labute approximate surface area is 97.3 Å². The summed E-state index contributed by atoms with van der Waals surface area (Å²) >= 11 is 1.70. The van der Waals surface area contributed by atoms with Crippen molar-refractivity contribution in [3.63, 3.8) is 0 Å². The number of ether oxygens (including phenoxy) is 1. The van der Waals surface area contributed by atoms with Gasteiger partial charge in [0.25, 0.3) is 0 Å². The van der Waals surface area contributed by atoms with Crippen molar-refractivity contribution in [1.82, 2.24) is 0 Å². The molecule has 1 unspecified atom stereocenters. The largest absolute Gasteiger partial charge is 0.381 e. The van der Waals surface area contributed by atoms with E-state index in [1.54, 1.807) is 25.4 Å². The van der Waals surface area contributed by atoms with Gasteiger partial charge in [0.1, 0.15) is 5.78 Å². The average molecular weight is 230 g/mol. The number of methoxy groups -OCH3 is 1. The van der Waals surface area contributed by atoms with Crippen molar-refractivity contribution >= 4 is 17.1 Å². The number of Topliss-reactive ketones (excluding diaryl/α,β-unsaturated/α-hetero) is 1. The molecule has 88 valence electrons. The van der Waals surface area contributed by atoms with E-state index in [1.807, 2.05) is 11.4 Å². The van der Waals surface area contributed by atoms with E-state index >= 15 is 0 Å². The topological polar surface area (TPSA) is 26.3 Å². The SMILES string of the molecule is C.C.COC(CC(C)=O)Cc1cccs1. The second kappa shape index (κ2) is 8.62. The summed E-state index contributed by atoms with van der Waals surface area (Å²) < 4.78 is 5.22. The molecule has 1 heterocycles. The van der Waals surface area contributed by atoms with Crippen LogP contribution >= 0.6 is 11.3 Å². The number of thiophene rings is 1. The molecule has 0 aliphatic heterocycles. The van der Waals surface area contributed by atoms with Gasteiger partial charge in [-0.05, 0) is 18.4 Å². The van der Waals surface area contributed by atoms with Crippen molar-refractivity contribution in [3.05, 3.63) is 22.4 Å². The molecule has 0 radical (unpaired) electrons. The molecule has 1 atom stereocenters. The molecule has 15 heavy (non-hydrogen) atoms. The molecule has 0 saturated heterocycles. The van der Waals surface area contributed by atoms with Crippen LogP contribution in [0.2, 0.25) is 0 Å². The monoisotopic (exact) mass is 230 g/mol. The van der Waals surface area contributed by atoms with E-state index in [-0.39, 0.29) is 26.7 Å². The van der Waals surface area contributed by atoms with E-state index in [4.69, 9.17) is 4.74 Å². The number of carbonyl (C=O) groups excluding carboxylic acids is 1. The van der Waals surface area contributed by atoms with Gasteiger partial charge in [-0.15, -0.1) is 11.3 Å². The molecule has 0 saturated carbocycles. The Hall–Kier alpha value is -0.670. The summed E-state index contributed by atoms with van der Waals surface area (Å²) in [5.74, 6) is 0.184. The van der Waals surface area contributed by atoms with Crippen LogP contribution in [0.15, 0.2) is 17.5 Å². The minimum absolute atomic E-state index is 0. The molecule has 0 aliphatic rings. The van der Waals surface area contributed by atoms with Crippen LogP contribution in [-0.4, -0.2) is 19.0 Å². The third-order valence-corrected chi connectivity index (χ3v) is 2.76. The fraction of sp³-hybridized carbons (Fsp3) is 0.583. The van der Waals surface area contributed by atoms with E-state index in [2.05, 4.69) is 6.07 Å². The van der Waals surface area contributed by atoms with Gasteiger partial charge < -0.3 is 4.74 Å². The third kappa shape index (κ3) is 6.42. The highest BCUT2D eigenvalue weighted by Crippen LogP contribution is 2.14. The molecule has 3 heteroatoms. The summed E-state index contributed by atoms with van der Waals surface area (Å²) in [6.45, 7) is 1.60. The summed E-state index contributed by atoms with van der Waals surface area (Å²) in [6.07, 6.45) is 1.39. The van der Waals surface area contributed by atoms with Crippen molar-refractivity contribution in [3.8, 4) is 0 Å². The molecule has 1 aromatic rings. The minimum Gasteiger partial charge on any atom is -0.381 e. The van der Waals surface area contributed by atoms with Gasteiger partial charge in [0, 0.05) is 24.8 Å². The fourth-order valence-electron chi connectivity index (χ4n) is 1.21. The molecular formula is C12H22O2S. The van der Waals surface area contributed by atoms with E-state index < -0.39 is 0 Å². The Morgan fingerprint density at radius 2 is 2.20 bits per heavy atom. The average Bonchev–Trinajstić information content (AvgIpc) is 2.55. The predicted octanol–water partition coefficient (Wildman–Crippen LogP) is 3.56. The lowest BCUT2D eigenvalue weighted by atomic mass is 10.1. The van der Waals surface area contributed by atoms with Crippen LogP contribution < -0.4 is 0 Å². The first-order valence-corrected chi connectivity index (χ1v) is 5.15. The lowest BCUT2D eigenvalue weighted by Crippen LogP contribution is -2.16. The third-order valence-electron chi connectivity index (χ3n) is 1.86. The summed E-state index contributed by atoms with van der Waals surface area (Å²) in [5, 5.41) is 2.04. The Morgan fingerprint density at radius 1 is 1.53 bits per heavy atom. The molecule has 0 N–H and O–H groups in total. The predicted molar refractivity (Wildman–Crippen MR) is 67.6 cm³/mol. The van der Waals surface area contributed by atoms with Crippen molar-refractivity contribution in [1.29, 1.82) is 0 Å². The zero-order valence-electron chi connectivity index (χ0n) is 7.95. The minimum atomic E-state index is 0. The highest BCUT2D eigenvalue weighted by atomic mass is 32.1. The molecule has 0 fully saturated rings. The zero-order valence-corrected chi connectivity index (χ0v) is 8.76. The maximum Gasteiger partial charge on any atom is 0.132 e. The number of hydrogen-bond donors (Lipinski definition) is 0. The molecule has 0 bridgehead atoms. The first-order chi connectivity index (χ1) is 6.22. The van der Waals surface area contributed by atoms with Gasteiger partial charge >= 0.3 is 0 Å². The summed E-state index contributed by atoms with van der Waals surface area (Å²) in [5.41, 5.74) is 0. The number of rotatable bonds is 5. The Morgan fingerprint density at radius 3 is 2.60 bits per heavy atom. The highest BCUT2D eigenvalue weighted by Gasteiger charge is 2.11. The van der Waals surface area contributed by atoms with Crippen molar-refractivity contribution in [2.24, 2.45) is 0 Å². The zero-order chi connectivity index (χ0) is 9.68. The first-order valence-electron chi connectivity index (χ1n) is 4.27. The Kier molecular flexibility index (Phi) is 9.63. The van der Waals surface area contributed by atoms with Crippen molar-refractivity contribution in [2.75, 3.05) is 7.11 Å². The van der Waals surface area contributed by atoms with Crippen LogP contribution in [0.4, 0.5) is 0 Å². The van der Waals surface area contributed by atoms with Gasteiger partial charge in [0.15, 0.2) is 0 Å². The quantitative estimate of drug-likeness (QED) is 0.773. The maximum atomic E-state index is 10.9. The molecule has 0 spiro atoms. The number of carbonyl (C=O) groups is 1. The molecule has 1 aromatic heterocycles. The van der Waals surface area contributed by atoms with Crippen LogP contribution in [0, 0.1) is 0 Å². The summed E-state index contributed by atoms with van der Waals surface area (Å²) in [6, 6.07) is 4.08. The summed E-state index contributed by atoms with van der Waals surface area (Å²) in [4.78, 5) is 12.1. The maximum absolute atomic E-state index is 10.9. The van der Waals surface area contributed by atoms with Gasteiger partial charge in [-0.3, -0.25) is 4.79 Å². The number of hydrogen-bond acceptors (Lipinski definition) is 3. The van der Waals surface area contributed by atoms with Gasteiger partial charge in [-0.1, -0.05) is 20.9 Å².